The monoisotopic (exact) mass is 1660 g/mol. The smallest absolute Gasteiger partial charge is 0.395 e. The summed E-state index contributed by atoms with van der Waals surface area (Å²) in [5.41, 5.74) is 5.23. The predicted octanol–water partition coefficient (Wildman–Crippen LogP) is 10.7. The number of aliphatic hydroxyl groups excluding tert-OH is 10. The Kier molecular flexibility index (Phi) is 36.9. The van der Waals surface area contributed by atoms with Gasteiger partial charge in [-0.05, 0) is 93.2 Å². The number of hydrogen-bond acceptors (Lipinski definition) is 25. The van der Waals surface area contributed by atoms with Crippen LogP contribution in [-0.2, 0) is 90.8 Å². The minimum atomic E-state index is -5.01. The minimum Gasteiger partial charge on any atom is -0.395 e. The van der Waals surface area contributed by atoms with Gasteiger partial charge in [0.15, 0.2) is 11.5 Å². The van der Waals surface area contributed by atoms with Gasteiger partial charge < -0.3 is 98.3 Å². The largest absolute Gasteiger partial charge is 0.588 e. The SMILES string of the molecule is O=P(O)(O)OC1[C@H](O)[C@H](O)C(O)[C@H](O)[C@H]1O.O=P(Oc1ccccc1)(Oc1ccccc1)OC1[C@H](OCc2ccccc2)[C@H](O)C(OCc2ccccc2)[C@H](O)[C@H]1OCc1ccccc1.O=PCl.OC1C(OCc2ccccc2)C(O)C(OCc2ccccc2)C(O)C1OCc1ccccc1.c1ccc(OOc2ccccc2)cc1. The summed E-state index contributed by atoms with van der Waals surface area (Å²) in [6.45, 7) is 0.845. The molecule has 0 radical (unpaired) electrons. The summed E-state index contributed by atoms with van der Waals surface area (Å²) in [4.78, 5) is 27.2. The van der Waals surface area contributed by atoms with Crippen molar-refractivity contribution in [2.75, 3.05) is 0 Å². The molecule has 0 saturated heterocycles. The Hall–Kier alpha value is -8.55. The lowest BCUT2D eigenvalue weighted by molar-refractivity contribution is -0.261. The molecule has 0 spiro atoms. The van der Waals surface area contributed by atoms with Gasteiger partial charge in [0.1, 0.15) is 121 Å². The molecule has 0 aliphatic heterocycles. The Bertz CT molecular complexity index is 4110. The number of aliphatic hydroxyl groups is 10. The van der Waals surface area contributed by atoms with E-state index in [0.717, 1.165) is 33.4 Å². The van der Waals surface area contributed by atoms with Gasteiger partial charge in [0.25, 0.3) is 7.81 Å². The lowest BCUT2D eigenvalue weighted by atomic mass is 9.84. The molecule has 3 aliphatic rings. The molecule has 115 heavy (non-hydrogen) atoms. The predicted molar refractivity (Wildman–Crippen MR) is 421 cm³/mol. The fourth-order valence-corrected chi connectivity index (χ4v) is 14.2. The molecule has 0 amide bonds. The number of rotatable bonds is 29. The molecule has 13 rings (SSSR count). The van der Waals surface area contributed by atoms with Crippen molar-refractivity contribution in [3.05, 3.63) is 337 Å². The van der Waals surface area contributed by atoms with Gasteiger partial charge in [0, 0.05) is 0 Å². The maximum absolute atomic E-state index is 14.7. The third-order valence-electron chi connectivity index (χ3n) is 17.9. The van der Waals surface area contributed by atoms with Gasteiger partial charge >= 0.3 is 15.6 Å². The molecule has 12 atom stereocenters. The number of phosphoric acid groups is 2. The Labute approximate surface area is 671 Å². The van der Waals surface area contributed by atoms with Gasteiger partial charge in [-0.1, -0.05) is 255 Å². The molecule has 3 fully saturated rings. The lowest BCUT2D eigenvalue weighted by Crippen LogP contribution is -2.66. The first-order valence-corrected chi connectivity index (χ1v) is 41.0. The van der Waals surface area contributed by atoms with Crippen molar-refractivity contribution >= 4 is 34.7 Å². The highest BCUT2D eigenvalue weighted by atomic mass is 35.7. The van der Waals surface area contributed by atoms with Crippen LogP contribution in [0.4, 0.5) is 0 Å². The van der Waals surface area contributed by atoms with Crippen molar-refractivity contribution < 1.29 is 131 Å². The molecule has 0 aromatic heterocycles. The van der Waals surface area contributed by atoms with Crippen LogP contribution >= 0.6 is 34.7 Å². The molecule has 31 heteroatoms. The van der Waals surface area contributed by atoms with Crippen LogP contribution in [0.1, 0.15) is 33.4 Å². The van der Waals surface area contributed by atoms with Gasteiger partial charge in [-0.2, -0.15) is 0 Å². The quantitative estimate of drug-likeness (QED) is 0.0118. The Balaban J connectivity index is 0.000000195. The number of ether oxygens (including phenoxy) is 6. The van der Waals surface area contributed by atoms with E-state index < -0.39 is 126 Å². The molecule has 612 valence electrons. The van der Waals surface area contributed by atoms with E-state index >= 15 is 0 Å². The van der Waals surface area contributed by atoms with Crippen LogP contribution in [0.2, 0.25) is 0 Å². The van der Waals surface area contributed by atoms with E-state index in [4.69, 9.17) is 71.2 Å². The van der Waals surface area contributed by atoms with Gasteiger partial charge in [0.2, 0.25) is 0 Å². The topological polar surface area (TPSA) is 405 Å². The first kappa shape index (κ1) is 90.4. The summed E-state index contributed by atoms with van der Waals surface area (Å²) < 4.78 is 92.8. The highest BCUT2D eigenvalue weighted by Gasteiger charge is 2.57. The average molecular weight is 1660 g/mol. The van der Waals surface area contributed by atoms with Gasteiger partial charge in [-0.3, -0.25) is 23.4 Å². The zero-order valence-corrected chi connectivity index (χ0v) is 65.2. The maximum atomic E-state index is 14.7. The Morgan fingerprint density at radius 3 is 0.670 bits per heavy atom. The molecule has 4 unspecified atom stereocenters. The summed E-state index contributed by atoms with van der Waals surface area (Å²) in [6.07, 6.45) is -25.8. The Morgan fingerprint density at radius 1 is 0.252 bits per heavy atom. The van der Waals surface area contributed by atoms with Gasteiger partial charge in [0.05, 0.1) is 39.6 Å². The molecule has 3 aliphatic carbocycles. The minimum absolute atomic E-state index is 0.0682. The number of phosphoric ester groups is 2. The molecule has 0 bridgehead atoms. The van der Waals surface area contributed by atoms with Crippen molar-refractivity contribution in [1.29, 1.82) is 0 Å². The molecule has 0 heterocycles. The van der Waals surface area contributed by atoms with Crippen molar-refractivity contribution in [2.45, 2.75) is 150 Å². The fraction of sp³-hybridized carbons (Fsp3) is 0.286. The number of benzene rings is 10. The summed E-state index contributed by atoms with van der Waals surface area (Å²) in [5.74, 6) is 1.84. The van der Waals surface area contributed by atoms with Crippen molar-refractivity contribution in [2.24, 2.45) is 0 Å². The third-order valence-corrected chi connectivity index (χ3v) is 19.8. The third kappa shape index (κ3) is 28.7. The maximum Gasteiger partial charge on any atom is 0.588 e. The first-order chi connectivity index (χ1) is 55.6. The molecule has 10 aromatic carbocycles. The van der Waals surface area contributed by atoms with E-state index in [1.807, 2.05) is 243 Å². The summed E-state index contributed by atoms with van der Waals surface area (Å²) >= 11 is 4.42. The second-order valence-electron chi connectivity index (χ2n) is 26.2. The molecule has 10 aromatic rings. The van der Waals surface area contributed by atoms with Crippen LogP contribution < -0.4 is 18.8 Å². The van der Waals surface area contributed by atoms with Crippen LogP contribution in [0.5, 0.6) is 23.0 Å². The van der Waals surface area contributed by atoms with E-state index in [2.05, 4.69) is 15.8 Å². The van der Waals surface area contributed by atoms with Gasteiger partial charge in [-0.15, -0.1) is 0 Å². The zero-order valence-electron chi connectivity index (χ0n) is 61.7. The van der Waals surface area contributed by atoms with Crippen LogP contribution in [0.25, 0.3) is 0 Å². The fourth-order valence-electron chi connectivity index (χ4n) is 12.2. The first-order valence-electron chi connectivity index (χ1n) is 36.3. The average Bonchev–Trinajstić information content (AvgIpc) is 0.762. The van der Waals surface area contributed by atoms with E-state index in [1.54, 1.807) is 60.7 Å². The van der Waals surface area contributed by atoms with Crippen molar-refractivity contribution in [3.8, 4) is 23.0 Å². The second kappa shape index (κ2) is 47.0. The molecule has 3 saturated carbocycles. The van der Waals surface area contributed by atoms with Crippen LogP contribution in [-0.4, -0.2) is 171 Å². The van der Waals surface area contributed by atoms with E-state index in [9.17, 15) is 55.1 Å². The summed E-state index contributed by atoms with van der Waals surface area (Å²) in [5, 5.41) is 103. The molecular formula is C84H92ClO27P3. The summed E-state index contributed by atoms with van der Waals surface area (Å²) in [7, 11) is -9.92. The highest BCUT2D eigenvalue weighted by Crippen LogP contribution is 2.53. The number of hydrogen-bond donors (Lipinski definition) is 12. The molecule has 12 N–H and O–H groups in total. The standard InChI is InChI=1S/C39H39O9P.C27H30O6.C12H10O2.C6H13O9P.ClOP/c40-34-36(43-26-29-16-6-1-7-17-29)35(41)38(45-28-31-20-10-3-11-21-31)39(37(34)44-27-30-18-8-2-9-19-30)48-49(42,46-32-22-12-4-13-23-32)47-33-24-14-5-15-25-33;28-22-25(31-16-19-10-4-1-5-11-19)23(29)27(33-18-21-14-8-3-9-15-21)24(30)26(22)32-17-20-12-6-2-7-13-20;1-3-7-11(8-4-1)13-14-12-9-5-2-6-10-12;7-1-2(8)4(10)6(5(11)3(1)9)15-16(12,13)14;1-3-2/h1-25,34-41H,26-28H2;1-15,22-30H,16-18H2;1-10H;1-11H,(H2,12,13,14);/t34-,35+,36?,37-,38-,39?;;;1?,2-,3+,4-,5-,6?;/m1..1./s1. The lowest BCUT2D eigenvalue weighted by Gasteiger charge is -2.46. The Morgan fingerprint density at radius 2 is 0.443 bits per heavy atom. The molecular weight excluding hydrogens is 1570 g/mol. The van der Waals surface area contributed by atoms with Crippen molar-refractivity contribution in [3.63, 3.8) is 0 Å². The normalized spacial score (nSPS) is 25.1. The van der Waals surface area contributed by atoms with Crippen LogP contribution in [0.3, 0.4) is 0 Å². The van der Waals surface area contributed by atoms with E-state index in [-0.39, 0.29) is 59.0 Å². The van der Waals surface area contributed by atoms with E-state index in [1.165, 1.54) is 0 Å². The summed E-state index contributed by atoms with van der Waals surface area (Å²) in [6, 6.07) is 92.5. The van der Waals surface area contributed by atoms with Crippen LogP contribution in [0, 0.1) is 0 Å². The van der Waals surface area contributed by atoms with E-state index in [0.29, 0.717) is 11.5 Å². The van der Waals surface area contributed by atoms with Crippen molar-refractivity contribution in [1.82, 2.24) is 0 Å². The second-order valence-corrected chi connectivity index (χ2v) is 29.4. The highest BCUT2D eigenvalue weighted by molar-refractivity contribution is 7.57. The molecule has 27 nitrogen and oxygen atoms in total. The number of para-hydroxylation sites is 4. The van der Waals surface area contributed by atoms with Crippen LogP contribution in [0.15, 0.2) is 303 Å². The number of halogens is 1. The zero-order chi connectivity index (χ0) is 82.0. The van der Waals surface area contributed by atoms with Gasteiger partial charge in [-0.25, -0.2) is 9.13 Å².